The number of aromatic nitrogens is 3. The zero-order valence-corrected chi connectivity index (χ0v) is 13.0. The zero-order valence-electron chi connectivity index (χ0n) is 12.2. The molecule has 0 radical (unpaired) electrons. The SMILES string of the molecule is Cn1ccc(-c2c(C(N)=O)cc(Oc3ccccc3)nc2Cl)n1. The van der Waals surface area contributed by atoms with Crippen LogP contribution in [0.1, 0.15) is 10.4 Å². The molecule has 2 aromatic heterocycles. The normalized spacial score (nSPS) is 10.5. The van der Waals surface area contributed by atoms with Gasteiger partial charge in [0.25, 0.3) is 0 Å². The van der Waals surface area contributed by atoms with Gasteiger partial charge in [-0.3, -0.25) is 9.48 Å². The number of para-hydroxylation sites is 1. The minimum Gasteiger partial charge on any atom is -0.439 e. The molecule has 3 aromatic rings. The minimum absolute atomic E-state index is 0.103. The molecular formula is C16H13ClN4O2. The highest BCUT2D eigenvalue weighted by atomic mass is 35.5. The Morgan fingerprint density at radius 2 is 2.00 bits per heavy atom. The summed E-state index contributed by atoms with van der Waals surface area (Å²) >= 11 is 6.24. The Balaban J connectivity index is 2.07. The Hall–Kier alpha value is -2.86. The number of ether oxygens (including phenoxy) is 1. The Bertz CT molecular complexity index is 862. The largest absolute Gasteiger partial charge is 0.439 e. The summed E-state index contributed by atoms with van der Waals surface area (Å²) in [7, 11) is 1.77. The van der Waals surface area contributed by atoms with Gasteiger partial charge < -0.3 is 10.5 Å². The van der Waals surface area contributed by atoms with Crippen LogP contribution < -0.4 is 10.5 Å². The summed E-state index contributed by atoms with van der Waals surface area (Å²) in [6.45, 7) is 0. The fourth-order valence-corrected chi connectivity index (χ4v) is 2.42. The van der Waals surface area contributed by atoms with Crippen LogP contribution >= 0.6 is 11.6 Å². The van der Waals surface area contributed by atoms with Crippen LogP contribution in [0, 0.1) is 0 Å². The van der Waals surface area contributed by atoms with Crippen molar-refractivity contribution in [2.24, 2.45) is 12.8 Å². The fraction of sp³-hybridized carbons (Fsp3) is 0.0625. The number of hydrogen-bond donors (Lipinski definition) is 1. The van der Waals surface area contributed by atoms with Crippen molar-refractivity contribution in [1.82, 2.24) is 14.8 Å². The number of carbonyl (C=O) groups is 1. The van der Waals surface area contributed by atoms with Gasteiger partial charge in [-0.05, 0) is 18.2 Å². The summed E-state index contributed by atoms with van der Waals surface area (Å²) in [5.41, 5.74) is 6.59. The third-order valence-corrected chi connectivity index (χ3v) is 3.43. The molecule has 0 aliphatic heterocycles. The van der Waals surface area contributed by atoms with Gasteiger partial charge in [-0.1, -0.05) is 29.8 Å². The molecule has 0 atom stereocenters. The molecule has 0 saturated heterocycles. The van der Waals surface area contributed by atoms with Gasteiger partial charge in [0.2, 0.25) is 11.8 Å². The van der Waals surface area contributed by atoms with Crippen LogP contribution in [0.15, 0.2) is 48.7 Å². The van der Waals surface area contributed by atoms with Gasteiger partial charge in [-0.25, -0.2) is 4.98 Å². The standard InChI is InChI=1S/C16H13ClN4O2/c1-21-8-7-12(20-21)14-11(16(18)22)9-13(19-15(14)17)23-10-5-3-2-4-6-10/h2-9H,1H3,(H2,18,22). The number of pyridine rings is 1. The smallest absolute Gasteiger partial charge is 0.249 e. The molecule has 0 aliphatic rings. The highest BCUT2D eigenvalue weighted by molar-refractivity contribution is 6.33. The van der Waals surface area contributed by atoms with E-state index in [4.69, 9.17) is 22.1 Å². The summed E-state index contributed by atoms with van der Waals surface area (Å²) in [6.07, 6.45) is 1.74. The van der Waals surface area contributed by atoms with E-state index in [1.165, 1.54) is 6.07 Å². The van der Waals surface area contributed by atoms with Crippen molar-refractivity contribution in [2.75, 3.05) is 0 Å². The van der Waals surface area contributed by atoms with Crippen molar-refractivity contribution in [2.45, 2.75) is 0 Å². The fourth-order valence-electron chi connectivity index (χ4n) is 2.14. The van der Waals surface area contributed by atoms with Gasteiger partial charge in [0.15, 0.2) is 0 Å². The molecule has 2 heterocycles. The highest BCUT2D eigenvalue weighted by Gasteiger charge is 2.19. The van der Waals surface area contributed by atoms with Crippen molar-refractivity contribution in [3.63, 3.8) is 0 Å². The van der Waals surface area contributed by atoms with E-state index in [0.29, 0.717) is 17.0 Å². The van der Waals surface area contributed by atoms with E-state index >= 15 is 0 Å². The molecule has 2 N–H and O–H groups in total. The second-order valence-corrected chi connectivity index (χ2v) is 5.19. The number of primary amides is 1. The Morgan fingerprint density at radius 3 is 2.61 bits per heavy atom. The van der Waals surface area contributed by atoms with Crippen molar-refractivity contribution in [3.8, 4) is 22.9 Å². The first kappa shape index (κ1) is 15.1. The van der Waals surface area contributed by atoms with Crippen LogP contribution in [0.4, 0.5) is 0 Å². The number of carbonyl (C=O) groups excluding carboxylic acids is 1. The van der Waals surface area contributed by atoms with E-state index in [1.807, 2.05) is 18.2 Å². The molecule has 1 amide bonds. The molecule has 7 heteroatoms. The predicted molar refractivity (Wildman–Crippen MR) is 86.5 cm³/mol. The minimum atomic E-state index is -0.632. The summed E-state index contributed by atoms with van der Waals surface area (Å²) in [4.78, 5) is 16.0. The topological polar surface area (TPSA) is 83.0 Å². The van der Waals surface area contributed by atoms with Crippen LogP contribution in [-0.2, 0) is 7.05 Å². The predicted octanol–water partition coefficient (Wildman–Crippen LogP) is 3.03. The van der Waals surface area contributed by atoms with Crippen LogP contribution in [0.3, 0.4) is 0 Å². The first-order valence-electron chi connectivity index (χ1n) is 6.78. The molecule has 0 saturated carbocycles. The third kappa shape index (κ3) is 3.17. The van der Waals surface area contributed by atoms with E-state index in [9.17, 15) is 4.79 Å². The van der Waals surface area contributed by atoms with Crippen LogP contribution in [0.2, 0.25) is 5.15 Å². The van der Waals surface area contributed by atoms with Gasteiger partial charge in [-0.2, -0.15) is 5.10 Å². The van der Waals surface area contributed by atoms with Crippen molar-refractivity contribution >= 4 is 17.5 Å². The highest BCUT2D eigenvalue weighted by Crippen LogP contribution is 2.32. The second-order valence-electron chi connectivity index (χ2n) is 4.83. The van der Waals surface area contributed by atoms with Crippen LogP contribution in [0.25, 0.3) is 11.3 Å². The van der Waals surface area contributed by atoms with Crippen molar-refractivity contribution in [1.29, 1.82) is 0 Å². The number of amides is 1. The lowest BCUT2D eigenvalue weighted by Gasteiger charge is -2.10. The molecule has 3 rings (SSSR count). The zero-order chi connectivity index (χ0) is 16.4. The Labute approximate surface area is 137 Å². The molecule has 0 fully saturated rings. The van der Waals surface area contributed by atoms with Crippen molar-refractivity contribution in [3.05, 3.63) is 59.4 Å². The molecule has 23 heavy (non-hydrogen) atoms. The van der Waals surface area contributed by atoms with E-state index < -0.39 is 5.91 Å². The number of aryl methyl sites for hydroxylation is 1. The third-order valence-electron chi connectivity index (χ3n) is 3.15. The number of rotatable bonds is 4. The average molecular weight is 329 g/mol. The van der Waals surface area contributed by atoms with Crippen LogP contribution in [0.5, 0.6) is 11.6 Å². The molecule has 0 bridgehead atoms. The summed E-state index contributed by atoms with van der Waals surface area (Å²) in [5.74, 6) is 0.139. The first-order chi connectivity index (χ1) is 11.0. The number of nitrogens with zero attached hydrogens (tertiary/aromatic N) is 3. The van der Waals surface area contributed by atoms with E-state index in [-0.39, 0.29) is 16.6 Å². The van der Waals surface area contributed by atoms with Gasteiger partial charge in [-0.15, -0.1) is 0 Å². The second kappa shape index (κ2) is 6.10. The van der Waals surface area contributed by atoms with Gasteiger partial charge in [0.1, 0.15) is 10.9 Å². The maximum Gasteiger partial charge on any atom is 0.249 e. The summed E-state index contributed by atoms with van der Waals surface area (Å²) in [5, 5.41) is 4.34. The summed E-state index contributed by atoms with van der Waals surface area (Å²) in [6, 6.07) is 12.3. The summed E-state index contributed by atoms with van der Waals surface area (Å²) < 4.78 is 7.22. The van der Waals surface area contributed by atoms with E-state index in [2.05, 4.69) is 10.1 Å². The average Bonchev–Trinajstić information content (AvgIpc) is 2.93. The lowest BCUT2D eigenvalue weighted by molar-refractivity contribution is 0.100. The Kier molecular flexibility index (Phi) is 3.99. The molecule has 0 aliphatic carbocycles. The monoisotopic (exact) mass is 328 g/mol. The Morgan fingerprint density at radius 1 is 1.26 bits per heavy atom. The van der Waals surface area contributed by atoms with E-state index in [1.54, 1.807) is 36.1 Å². The van der Waals surface area contributed by atoms with Crippen LogP contribution in [-0.4, -0.2) is 20.7 Å². The maximum atomic E-state index is 11.8. The molecule has 116 valence electrons. The van der Waals surface area contributed by atoms with Gasteiger partial charge >= 0.3 is 0 Å². The number of hydrogen-bond acceptors (Lipinski definition) is 4. The molecule has 1 aromatic carbocycles. The number of nitrogens with two attached hydrogens (primary N) is 1. The molecule has 0 unspecified atom stereocenters. The lowest BCUT2D eigenvalue weighted by Crippen LogP contribution is -2.13. The maximum absolute atomic E-state index is 11.8. The number of benzene rings is 1. The van der Waals surface area contributed by atoms with Crippen molar-refractivity contribution < 1.29 is 9.53 Å². The number of halogens is 1. The first-order valence-corrected chi connectivity index (χ1v) is 7.15. The van der Waals surface area contributed by atoms with E-state index in [0.717, 1.165) is 0 Å². The van der Waals surface area contributed by atoms with Gasteiger partial charge in [0.05, 0.1) is 16.8 Å². The molecule has 6 nitrogen and oxygen atoms in total. The quantitative estimate of drug-likeness (QED) is 0.746. The lowest BCUT2D eigenvalue weighted by atomic mass is 10.1. The molecular weight excluding hydrogens is 316 g/mol. The molecule has 0 spiro atoms. The van der Waals surface area contributed by atoms with Gasteiger partial charge in [0, 0.05) is 19.3 Å².